The van der Waals surface area contributed by atoms with E-state index in [1.165, 1.54) is 0 Å². The molecule has 0 bridgehead atoms. The van der Waals surface area contributed by atoms with E-state index < -0.39 is 2.14 Å². The molecule has 3 aliphatic rings. The molecule has 0 aliphatic carbocycles. The van der Waals surface area contributed by atoms with Crippen molar-refractivity contribution < 1.29 is 0 Å². The second-order valence-corrected chi connectivity index (χ2v) is 14.9. The number of halogens is 5. The molecule has 0 fully saturated rings. The number of allylic oxidation sites excluding steroid dienone is 3. The normalized spacial score (nSPS) is 20.5. The maximum atomic E-state index is 9.81. The third-order valence-corrected chi connectivity index (χ3v) is 5.76. The molecule has 3 aliphatic heterocycles. The van der Waals surface area contributed by atoms with E-state index >= 15 is 0 Å². The van der Waals surface area contributed by atoms with Crippen molar-refractivity contribution in [1.29, 1.82) is 5.26 Å². The fraction of sp³-hybridized carbons (Fsp3) is 0.333. The minimum absolute atomic E-state index is 0.276. The third kappa shape index (κ3) is 3.43. The van der Waals surface area contributed by atoms with Crippen LogP contribution in [-0.2, 0) is 0 Å². The summed E-state index contributed by atoms with van der Waals surface area (Å²) < 4.78 is 0.703. The maximum absolute atomic E-state index is 9.81. The lowest BCUT2D eigenvalue weighted by molar-refractivity contribution is 0.549. The SMILES string of the molecule is CC(C)(C)C1=NC2=C(C#N)C(C(Br)(Br)Br)=NC3=C(Br)C=C(Br)C(=N1)N32. The average Bonchev–Trinajstić information content (AvgIpc) is 2.48. The Morgan fingerprint density at radius 2 is 1.68 bits per heavy atom. The van der Waals surface area contributed by atoms with Gasteiger partial charge in [-0.1, -0.05) is 68.6 Å². The van der Waals surface area contributed by atoms with Gasteiger partial charge in [0.2, 0.25) is 0 Å². The van der Waals surface area contributed by atoms with E-state index in [0.717, 1.165) is 8.96 Å². The zero-order chi connectivity index (χ0) is 18.7. The van der Waals surface area contributed by atoms with Gasteiger partial charge in [0.1, 0.15) is 23.2 Å². The Morgan fingerprint density at radius 1 is 1.04 bits per heavy atom. The van der Waals surface area contributed by atoms with Crippen LogP contribution in [0.3, 0.4) is 0 Å². The molecule has 0 aromatic carbocycles. The van der Waals surface area contributed by atoms with Gasteiger partial charge in [-0.05, 0) is 37.9 Å². The molecule has 0 aromatic rings. The molecule has 0 N–H and O–H groups in total. The summed E-state index contributed by atoms with van der Waals surface area (Å²) in [7, 11) is 0. The van der Waals surface area contributed by atoms with Crippen LogP contribution in [0.4, 0.5) is 0 Å². The number of hydrogen-bond acceptors (Lipinski definition) is 5. The number of rotatable bonds is 0. The Hall–Kier alpha value is -0.0800. The summed E-state index contributed by atoms with van der Waals surface area (Å²) in [5.41, 5.74) is 0.561. The standard InChI is InChI=1S/C15H10Br5N5/c1-14(2,3)13-23-10-6(5-21)9(15(18,19)20)22-11-7(16)4-8(17)12(24-13)25(10)11/h4H,1-3H3. The van der Waals surface area contributed by atoms with E-state index in [2.05, 4.69) is 90.7 Å². The lowest BCUT2D eigenvalue weighted by Gasteiger charge is -2.38. The third-order valence-electron chi connectivity index (χ3n) is 3.47. The van der Waals surface area contributed by atoms with Gasteiger partial charge in [0.25, 0.3) is 0 Å². The van der Waals surface area contributed by atoms with E-state index in [1.807, 2.05) is 26.8 Å². The summed E-state index contributed by atoms with van der Waals surface area (Å²) in [6.45, 7) is 6.10. The van der Waals surface area contributed by atoms with Crippen molar-refractivity contribution in [1.82, 2.24) is 4.90 Å². The van der Waals surface area contributed by atoms with Crippen molar-refractivity contribution in [2.24, 2.45) is 20.4 Å². The topological polar surface area (TPSA) is 64.1 Å². The molecule has 3 heterocycles. The van der Waals surface area contributed by atoms with Crippen molar-refractivity contribution >= 4 is 97.0 Å². The van der Waals surface area contributed by atoms with Crippen molar-refractivity contribution in [3.05, 3.63) is 32.3 Å². The quantitative estimate of drug-likeness (QED) is 0.299. The number of hydrogen-bond donors (Lipinski definition) is 0. The lowest BCUT2D eigenvalue weighted by Crippen LogP contribution is -2.42. The van der Waals surface area contributed by atoms with Crippen LogP contribution in [0.25, 0.3) is 0 Å². The van der Waals surface area contributed by atoms with Gasteiger partial charge in [0.05, 0.1) is 8.96 Å². The number of alkyl halides is 3. The first-order valence-electron chi connectivity index (χ1n) is 7.01. The van der Waals surface area contributed by atoms with E-state index in [-0.39, 0.29) is 5.41 Å². The first-order chi connectivity index (χ1) is 11.4. The minimum Gasteiger partial charge on any atom is -0.259 e. The fourth-order valence-electron chi connectivity index (χ4n) is 2.32. The Bertz CT molecular complexity index is 900. The van der Waals surface area contributed by atoms with Crippen molar-refractivity contribution in [2.45, 2.75) is 22.9 Å². The van der Waals surface area contributed by atoms with Crippen LogP contribution in [0.1, 0.15) is 20.8 Å². The van der Waals surface area contributed by atoms with Crippen molar-refractivity contribution in [2.75, 3.05) is 0 Å². The molecule has 0 spiro atoms. The molecule has 130 valence electrons. The summed E-state index contributed by atoms with van der Waals surface area (Å²) >= 11 is 17.5. The zero-order valence-electron chi connectivity index (χ0n) is 13.2. The van der Waals surface area contributed by atoms with Gasteiger partial charge in [-0.3, -0.25) is 4.90 Å². The monoisotopic (exact) mass is 655 g/mol. The number of amidine groups is 2. The predicted octanol–water partition coefficient (Wildman–Crippen LogP) is 6.03. The molecular weight excluding hydrogens is 650 g/mol. The van der Waals surface area contributed by atoms with Crippen LogP contribution >= 0.6 is 79.6 Å². The molecule has 10 heteroatoms. The minimum atomic E-state index is -0.845. The lowest BCUT2D eigenvalue weighted by atomic mass is 9.94. The number of nitriles is 1. The summed E-state index contributed by atoms with van der Waals surface area (Å²) in [5, 5.41) is 9.81. The first kappa shape index (κ1) is 19.7. The van der Waals surface area contributed by atoms with Gasteiger partial charge in [-0.2, -0.15) is 5.26 Å². The number of nitrogens with zero attached hydrogens (tertiary/aromatic N) is 5. The summed E-state index contributed by atoms with van der Waals surface area (Å²) in [4.78, 5) is 15.8. The Morgan fingerprint density at radius 3 is 2.20 bits per heavy atom. The van der Waals surface area contributed by atoms with E-state index in [1.54, 1.807) is 4.90 Å². The Labute approximate surface area is 187 Å². The van der Waals surface area contributed by atoms with Crippen LogP contribution in [0.2, 0.25) is 0 Å². The predicted molar refractivity (Wildman–Crippen MR) is 119 cm³/mol. The van der Waals surface area contributed by atoms with Gasteiger partial charge in [0.15, 0.2) is 19.6 Å². The highest BCUT2D eigenvalue weighted by Crippen LogP contribution is 2.45. The van der Waals surface area contributed by atoms with Gasteiger partial charge in [-0.25, -0.2) is 15.0 Å². The second-order valence-electron chi connectivity index (χ2n) is 6.39. The van der Waals surface area contributed by atoms with Crippen LogP contribution in [0.15, 0.2) is 47.2 Å². The van der Waals surface area contributed by atoms with Gasteiger partial charge in [-0.15, -0.1) is 0 Å². The summed E-state index contributed by atoms with van der Waals surface area (Å²) in [6.07, 6.45) is 1.89. The molecule has 0 radical (unpaired) electrons. The second kappa shape index (κ2) is 6.51. The molecule has 0 amide bonds. The van der Waals surface area contributed by atoms with Gasteiger partial charge in [0, 0.05) is 5.41 Å². The molecule has 0 saturated carbocycles. The molecule has 0 aromatic heterocycles. The Balaban J connectivity index is 2.39. The first-order valence-corrected chi connectivity index (χ1v) is 11.0. The average molecular weight is 660 g/mol. The van der Waals surface area contributed by atoms with Crippen LogP contribution < -0.4 is 0 Å². The zero-order valence-corrected chi connectivity index (χ0v) is 21.1. The van der Waals surface area contributed by atoms with E-state index in [0.29, 0.717) is 34.6 Å². The van der Waals surface area contributed by atoms with Crippen LogP contribution in [0.5, 0.6) is 0 Å². The van der Waals surface area contributed by atoms with E-state index in [4.69, 9.17) is 9.98 Å². The molecule has 0 saturated heterocycles. The summed E-state index contributed by atoms with van der Waals surface area (Å²) in [6, 6.07) is 2.23. The number of aliphatic imine (C=N–C) groups is 3. The molecular formula is C15H10Br5N5. The molecule has 25 heavy (non-hydrogen) atoms. The smallest absolute Gasteiger partial charge is 0.178 e. The highest BCUT2D eigenvalue weighted by molar-refractivity contribution is 9.40. The van der Waals surface area contributed by atoms with Gasteiger partial charge < -0.3 is 0 Å². The Kier molecular flexibility index (Phi) is 5.13. The van der Waals surface area contributed by atoms with E-state index in [9.17, 15) is 5.26 Å². The largest absolute Gasteiger partial charge is 0.259 e. The summed E-state index contributed by atoms with van der Waals surface area (Å²) in [5.74, 6) is 2.43. The van der Waals surface area contributed by atoms with Gasteiger partial charge >= 0.3 is 0 Å². The molecule has 0 unspecified atom stereocenters. The molecule has 3 rings (SSSR count). The molecule has 5 nitrogen and oxygen atoms in total. The fourth-order valence-corrected chi connectivity index (χ4v) is 4.47. The van der Waals surface area contributed by atoms with Crippen molar-refractivity contribution in [3.63, 3.8) is 0 Å². The van der Waals surface area contributed by atoms with Crippen LogP contribution in [0, 0.1) is 16.7 Å². The molecule has 0 atom stereocenters. The van der Waals surface area contributed by atoms with Crippen LogP contribution in [-0.4, -0.2) is 24.4 Å². The highest BCUT2D eigenvalue weighted by Gasteiger charge is 2.43. The van der Waals surface area contributed by atoms with Crippen molar-refractivity contribution in [3.8, 4) is 6.07 Å². The maximum Gasteiger partial charge on any atom is 0.178 e. The highest BCUT2D eigenvalue weighted by atomic mass is 80.0.